The number of alkyl halides is 2. The quantitative estimate of drug-likeness (QED) is 0.208. The zero-order valence-corrected chi connectivity index (χ0v) is 23.3. The van der Waals surface area contributed by atoms with Crippen LogP contribution in [0.4, 0.5) is 8.78 Å². The van der Waals surface area contributed by atoms with Gasteiger partial charge in [-0.15, -0.1) is 0 Å². The lowest BCUT2D eigenvalue weighted by Gasteiger charge is -2.28. The van der Waals surface area contributed by atoms with Crippen LogP contribution < -0.4 is 21.3 Å². The van der Waals surface area contributed by atoms with Crippen molar-refractivity contribution in [2.75, 3.05) is 13.1 Å². The Labute approximate surface area is 236 Å². The van der Waals surface area contributed by atoms with Gasteiger partial charge >= 0.3 is 0 Å². The summed E-state index contributed by atoms with van der Waals surface area (Å²) in [5.41, 5.74) is 5.40. The van der Waals surface area contributed by atoms with Crippen LogP contribution in [0.15, 0.2) is 72.9 Å². The van der Waals surface area contributed by atoms with Gasteiger partial charge in [-0.3, -0.25) is 9.78 Å². The Bertz CT molecular complexity index is 1180. The summed E-state index contributed by atoms with van der Waals surface area (Å²) in [6.07, 6.45) is 3.76. The Morgan fingerprint density at radius 3 is 2.50 bits per heavy atom. The number of carbonyl (C=O) groups excluding carboxylic acids is 1. The summed E-state index contributed by atoms with van der Waals surface area (Å²) in [6.45, 7) is 5.21. The van der Waals surface area contributed by atoms with Crippen LogP contribution in [-0.2, 0) is 24.4 Å². The molecule has 2 aromatic carbocycles. The van der Waals surface area contributed by atoms with Gasteiger partial charge < -0.3 is 21.3 Å². The number of hydrogen-bond acceptors (Lipinski definition) is 5. The first kappa shape index (κ1) is 29.8. The first-order valence-corrected chi connectivity index (χ1v) is 14.3. The fourth-order valence-electron chi connectivity index (χ4n) is 4.96. The molecule has 0 aliphatic heterocycles. The van der Waals surface area contributed by atoms with Crippen molar-refractivity contribution in [3.63, 3.8) is 0 Å². The molecule has 3 aromatic rings. The van der Waals surface area contributed by atoms with Gasteiger partial charge in [0.2, 0.25) is 11.8 Å². The number of carbonyl (C=O) groups is 1. The number of hydrogen-bond donors (Lipinski definition) is 4. The standard InChI is InChI=1S/C32H41F2N5O/c1-24(38-23-29-10-5-6-18-37-29)31(40)39-21-25-11-12-27(30(20-25)26-8-3-2-4-9-26)22-35-17-7-19-36-28-13-15-32(33,34)16-14-28/h2-6,8-12,18,20,24,28,35-36,38H,7,13-17,19,21-23H2,1H3,(H,39,40)/t24-/m0/s1. The summed E-state index contributed by atoms with van der Waals surface area (Å²) < 4.78 is 26.7. The van der Waals surface area contributed by atoms with Gasteiger partial charge in [0.05, 0.1) is 11.7 Å². The molecule has 1 saturated carbocycles. The highest BCUT2D eigenvalue weighted by molar-refractivity contribution is 5.81. The number of amides is 1. The zero-order chi connectivity index (χ0) is 28.2. The van der Waals surface area contributed by atoms with Crippen LogP contribution in [0.2, 0.25) is 0 Å². The maximum absolute atomic E-state index is 13.3. The predicted octanol–water partition coefficient (Wildman–Crippen LogP) is 5.19. The SMILES string of the molecule is C[C@H](NCc1ccccn1)C(=O)NCc1ccc(CNCCCNC2CCC(F)(F)CC2)c(-c2ccccc2)c1. The summed E-state index contributed by atoms with van der Waals surface area (Å²) in [7, 11) is 0. The summed E-state index contributed by atoms with van der Waals surface area (Å²) >= 11 is 0. The van der Waals surface area contributed by atoms with Crippen molar-refractivity contribution in [2.45, 2.75) is 76.7 Å². The van der Waals surface area contributed by atoms with Crippen LogP contribution in [0.1, 0.15) is 55.8 Å². The molecular weight excluding hydrogens is 508 g/mol. The molecule has 1 atom stereocenters. The molecule has 1 aliphatic rings. The molecule has 0 bridgehead atoms. The van der Waals surface area contributed by atoms with E-state index in [1.165, 1.54) is 5.56 Å². The Hall–Kier alpha value is -3.20. The van der Waals surface area contributed by atoms with Gasteiger partial charge in [0, 0.05) is 44.7 Å². The van der Waals surface area contributed by atoms with Crippen LogP contribution in [0.3, 0.4) is 0 Å². The average Bonchev–Trinajstić information content (AvgIpc) is 2.98. The molecule has 214 valence electrons. The van der Waals surface area contributed by atoms with Gasteiger partial charge in [-0.2, -0.15) is 0 Å². The molecule has 4 rings (SSSR count). The molecule has 0 unspecified atom stereocenters. The second-order valence-corrected chi connectivity index (χ2v) is 10.6. The fraction of sp³-hybridized carbons (Fsp3) is 0.438. The molecule has 6 nitrogen and oxygen atoms in total. The molecule has 1 aliphatic carbocycles. The average molecular weight is 550 g/mol. The van der Waals surface area contributed by atoms with Crippen LogP contribution in [0.25, 0.3) is 11.1 Å². The Morgan fingerprint density at radius 1 is 0.975 bits per heavy atom. The highest BCUT2D eigenvalue weighted by Crippen LogP contribution is 2.33. The van der Waals surface area contributed by atoms with Crippen LogP contribution >= 0.6 is 0 Å². The molecule has 40 heavy (non-hydrogen) atoms. The van der Waals surface area contributed by atoms with E-state index in [2.05, 4.69) is 56.6 Å². The Kier molecular flexibility index (Phi) is 11.1. The first-order valence-electron chi connectivity index (χ1n) is 14.3. The van der Waals surface area contributed by atoms with Gasteiger partial charge in [0.25, 0.3) is 0 Å². The molecule has 1 amide bonds. The number of halogens is 2. The third-order valence-corrected chi connectivity index (χ3v) is 7.43. The van der Waals surface area contributed by atoms with E-state index in [1.807, 2.05) is 43.3 Å². The number of aromatic nitrogens is 1. The summed E-state index contributed by atoms with van der Waals surface area (Å²) in [6, 6.07) is 22.2. The third-order valence-electron chi connectivity index (χ3n) is 7.43. The van der Waals surface area contributed by atoms with Gasteiger partial charge in [0.15, 0.2) is 0 Å². The fourth-order valence-corrected chi connectivity index (χ4v) is 4.96. The van der Waals surface area contributed by atoms with Crippen molar-refractivity contribution in [2.24, 2.45) is 0 Å². The zero-order valence-electron chi connectivity index (χ0n) is 23.3. The number of rotatable bonds is 14. The molecule has 1 aromatic heterocycles. The maximum Gasteiger partial charge on any atom is 0.248 e. The van der Waals surface area contributed by atoms with Gasteiger partial charge in [0.1, 0.15) is 0 Å². The molecule has 0 saturated heterocycles. The maximum atomic E-state index is 13.3. The topological polar surface area (TPSA) is 78.1 Å². The van der Waals surface area contributed by atoms with Crippen molar-refractivity contribution >= 4 is 5.91 Å². The molecular formula is C32H41F2N5O. The van der Waals surface area contributed by atoms with Gasteiger partial charge in [-0.05, 0) is 79.7 Å². The second-order valence-electron chi connectivity index (χ2n) is 10.6. The lowest BCUT2D eigenvalue weighted by Crippen LogP contribution is -2.41. The van der Waals surface area contributed by atoms with E-state index < -0.39 is 5.92 Å². The van der Waals surface area contributed by atoms with Gasteiger partial charge in [-0.25, -0.2) is 8.78 Å². The molecule has 0 spiro atoms. The summed E-state index contributed by atoms with van der Waals surface area (Å²) in [5.74, 6) is -2.54. The van der Waals surface area contributed by atoms with E-state index in [4.69, 9.17) is 0 Å². The van der Waals surface area contributed by atoms with Crippen molar-refractivity contribution in [1.82, 2.24) is 26.3 Å². The lowest BCUT2D eigenvalue weighted by atomic mass is 9.92. The first-order chi connectivity index (χ1) is 19.4. The van der Waals surface area contributed by atoms with E-state index in [9.17, 15) is 13.6 Å². The molecule has 1 heterocycles. The number of nitrogens with one attached hydrogen (secondary N) is 4. The van der Waals surface area contributed by atoms with E-state index >= 15 is 0 Å². The minimum absolute atomic E-state index is 0.00720. The predicted molar refractivity (Wildman–Crippen MR) is 156 cm³/mol. The van der Waals surface area contributed by atoms with E-state index in [0.717, 1.165) is 48.4 Å². The monoisotopic (exact) mass is 549 g/mol. The van der Waals surface area contributed by atoms with Gasteiger partial charge in [-0.1, -0.05) is 48.5 Å². The molecule has 8 heteroatoms. The summed E-state index contributed by atoms with van der Waals surface area (Å²) in [4.78, 5) is 17.0. The molecule has 1 fully saturated rings. The van der Waals surface area contributed by atoms with E-state index in [0.29, 0.717) is 25.9 Å². The second kappa shape index (κ2) is 15.0. The minimum atomic E-state index is -2.48. The van der Waals surface area contributed by atoms with E-state index in [1.54, 1.807) is 6.20 Å². The minimum Gasteiger partial charge on any atom is -0.351 e. The van der Waals surface area contributed by atoms with Crippen molar-refractivity contribution in [1.29, 1.82) is 0 Å². The Morgan fingerprint density at radius 2 is 1.75 bits per heavy atom. The Balaban J connectivity index is 1.25. The highest BCUT2D eigenvalue weighted by atomic mass is 19.3. The number of pyridine rings is 1. The van der Waals surface area contributed by atoms with Crippen molar-refractivity contribution in [3.8, 4) is 11.1 Å². The smallest absolute Gasteiger partial charge is 0.248 e. The van der Waals surface area contributed by atoms with Crippen LogP contribution in [0, 0.1) is 0 Å². The molecule has 4 N–H and O–H groups in total. The summed E-state index contributed by atoms with van der Waals surface area (Å²) in [5, 5.41) is 13.2. The highest BCUT2D eigenvalue weighted by Gasteiger charge is 2.34. The third kappa shape index (κ3) is 9.47. The van der Waals surface area contributed by atoms with Crippen molar-refractivity contribution in [3.05, 3.63) is 89.7 Å². The number of benzene rings is 2. The lowest BCUT2D eigenvalue weighted by molar-refractivity contribution is -0.122. The van der Waals surface area contributed by atoms with Crippen LogP contribution in [0.5, 0.6) is 0 Å². The van der Waals surface area contributed by atoms with Crippen molar-refractivity contribution < 1.29 is 13.6 Å². The number of nitrogens with zero attached hydrogens (tertiary/aromatic N) is 1. The molecule has 0 radical (unpaired) electrons. The largest absolute Gasteiger partial charge is 0.351 e. The normalized spacial score (nSPS) is 16.0. The van der Waals surface area contributed by atoms with Crippen LogP contribution in [-0.4, -0.2) is 42.0 Å². The van der Waals surface area contributed by atoms with E-state index in [-0.39, 0.29) is 30.8 Å².